The van der Waals surface area contributed by atoms with Crippen LogP contribution < -0.4 is 11.5 Å². The second-order valence-corrected chi connectivity index (χ2v) is 4.64. The van der Waals surface area contributed by atoms with E-state index in [0.29, 0.717) is 17.5 Å². The Morgan fingerprint density at radius 1 is 1.41 bits per heavy atom. The largest absolute Gasteiger partial charge is 0.399 e. The molecule has 0 fully saturated rings. The van der Waals surface area contributed by atoms with Gasteiger partial charge in [-0.2, -0.15) is 4.98 Å². The summed E-state index contributed by atoms with van der Waals surface area (Å²) < 4.78 is 4.93. The van der Waals surface area contributed by atoms with Crippen molar-refractivity contribution in [2.75, 3.05) is 5.73 Å². The Kier molecular flexibility index (Phi) is 3.65. The molecule has 2 rings (SSSR count). The lowest BCUT2D eigenvalue weighted by molar-refractivity contribution is 0.376. The average Bonchev–Trinajstić information content (AvgIpc) is 2.76. The van der Waals surface area contributed by atoms with Crippen LogP contribution in [0.2, 0.25) is 0 Å². The number of aromatic nitrogens is 2. The summed E-state index contributed by atoms with van der Waals surface area (Å²) in [5, 5.41) is 3.84. The van der Waals surface area contributed by atoms with Crippen molar-refractivity contribution in [1.29, 1.82) is 0 Å². The van der Waals surface area contributed by atoms with Crippen LogP contribution >= 0.6 is 11.8 Å². The van der Waals surface area contributed by atoms with Gasteiger partial charge in [-0.15, -0.1) is 11.8 Å². The molecule has 90 valence electrons. The Morgan fingerprint density at radius 2 is 2.24 bits per heavy atom. The number of thioether (sulfide) groups is 1. The summed E-state index contributed by atoms with van der Waals surface area (Å²) in [5.74, 6) is 1.79. The number of hydrogen-bond donors (Lipinski definition) is 2. The van der Waals surface area contributed by atoms with Gasteiger partial charge in [0, 0.05) is 10.6 Å². The SMILES string of the molecule is Cc1cc(N)ccc1SCc1noc(CN)n1. The molecule has 0 amide bonds. The van der Waals surface area contributed by atoms with Crippen LogP contribution in [-0.4, -0.2) is 10.1 Å². The molecule has 1 aromatic heterocycles. The Labute approximate surface area is 104 Å². The van der Waals surface area contributed by atoms with Crippen molar-refractivity contribution >= 4 is 17.4 Å². The van der Waals surface area contributed by atoms with Gasteiger partial charge in [0.15, 0.2) is 5.82 Å². The summed E-state index contributed by atoms with van der Waals surface area (Å²) in [7, 11) is 0. The normalized spacial score (nSPS) is 10.7. The maximum Gasteiger partial charge on any atom is 0.240 e. The van der Waals surface area contributed by atoms with Crippen LogP contribution in [-0.2, 0) is 12.3 Å². The van der Waals surface area contributed by atoms with E-state index in [1.54, 1.807) is 11.8 Å². The van der Waals surface area contributed by atoms with Crippen molar-refractivity contribution in [2.24, 2.45) is 5.73 Å². The maximum atomic E-state index is 5.69. The first-order valence-electron chi connectivity index (χ1n) is 5.19. The molecule has 1 aromatic carbocycles. The van der Waals surface area contributed by atoms with Crippen molar-refractivity contribution in [3.05, 3.63) is 35.5 Å². The van der Waals surface area contributed by atoms with Crippen LogP contribution in [0, 0.1) is 6.92 Å². The molecule has 0 aliphatic rings. The van der Waals surface area contributed by atoms with Crippen LogP contribution in [0.25, 0.3) is 0 Å². The molecule has 5 nitrogen and oxygen atoms in total. The highest BCUT2D eigenvalue weighted by Crippen LogP contribution is 2.26. The van der Waals surface area contributed by atoms with Gasteiger partial charge in [0.25, 0.3) is 0 Å². The Hall–Kier alpha value is -1.53. The van der Waals surface area contributed by atoms with Gasteiger partial charge in [-0.3, -0.25) is 0 Å². The summed E-state index contributed by atoms with van der Waals surface area (Å²) in [6, 6.07) is 5.83. The molecule has 4 N–H and O–H groups in total. The predicted molar refractivity (Wildman–Crippen MR) is 67.3 cm³/mol. The first kappa shape index (κ1) is 11.9. The fraction of sp³-hybridized carbons (Fsp3) is 0.273. The van der Waals surface area contributed by atoms with E-state index >= 15 is 0 Å². The Bertz CT molecular complexity index is 512. The van der Waals surface area contributed by atoms with Crippen molar-refractivity contribution in [1.82, 2.24) is 10.1 Å². The number of nitrogen functional groups attached to an aromatic ring is 1. The van der Waals surface area contributed by atoms with E-state index in [1.807, 2.05) is 25.1 Å². The molecule has 0 aliphatic carbocycles. The van der Waals surface area contributed by atoms with Crippen molar-refractivity contribution in [3.63, 3.8) is 0 Å². The van der Waals surface area contributed by atoms with Gasteiger partial charge in [-0.25, -0.2) is 0 Å². The lowest BCUT2D eigenvalue weighted by Gasteiger charge is -2.04. The molecule has 6 heteroatoms. The zero-order chi connectivity index (χ0) is 12.3. The Balaban J connectivity index is 2.02. The quantitative estimate of drug-likeness (QED) is 0.634. The van der Waals surface area contributed by atoms with Gasteiger partial charge in [0.1, 0.15) is 0 Å². The van der Waals surface area contributed by atoms with Gasteiger partial charge in [-0.05, 0) is 30.7 Å². The lowest BCUT2D eigenvalue weighted by atomic mass is 10.2. The highest BCUT2D eigenvalue weighted by Gasteiger charge is 2.06. The minimum absolute atomic E-state index is 0.276. The molecule has 2 aromatic rings. The number of benzene rings is 1. The van der Waals surface area contributed by atoms with E-state index in [4.69, 9.17) is 16.0 Å². The first-order valence-corrected chi connectivity index (χ1v) is 6.18. The number of rotatable bonds is 4. The average molecular weight is 250 g/mol. The Morgan fingerprint density at radius 3 is 2.88 bits per heavy atom. The lowest BCUT2D eigenvalue weighted by Crippen LogP contribution is -1.96. The van der Waals surface area contributed by atoms with Gasteiger partial charge in [0.05, 0.1) is 12.3 Å². The van der Waals surface area contributed by atoms with Gasteiger partial charge >= 0.3 is 0 Å². The summed E-state index contributed by atoms with van der Waals surface area (Å²) in [5.41, 5.74) is 13.0. The number of anilines is 1. The van der Waals surface area contributed by atoms with Gasteiger partial charge in [0.2, 0.25) is 5.89 Å². The standard InChI is InChI=1S/C11H14N4OS/c1-7-4-8(13)2-3-9(7)17-6-10-14-11(5-12)16-15-10/h2-4H,5-6,12-13H2,1H3. The van der Waals surface area contributed by atoms with Crippen molar-refractivity contribution in [2.45, 2.75) is 24.1 Å². The molecule has 0 bridgehead atoms. The summed E-state index contributed by atoms with van der Waals surface area (Å²) in [4.78, 5) is 5.31. The van der Waals surface area contributed by atoms with Crippen molar-refractivity contribution in [3.8, 4) is 0 Å². The summed E-state index contributed by atoms with van der Waals surface area (Å²) >= 11 is 1.65. The number of aryl methyl sites for hydroxylation is 1. The minimum Gasteiger partial charge on any atom is -0.399 e. The molecule has 17 heavy (non-hydrogen) atoms. The van der Waals surface area contributed by atoms with Gasteiger partial charge < -0.3 is 16.0 Å². The zero-order valence-electron chi connectivity index (χ0n) is 9.51. The molecule has 1 heterocycles. The molecule has 0 aliphatic heterocycles. The van der Waals surface area contributed by atoms with Gasteiger partial charge in [-0.1, -0.05) is 5.16 Å². The molecule has 0 unspecified atom stereocenters. The summed E-state index contributed by atoms with van der Waals surface area (Å²) in [6.45, 7) is 2.30. The number of nitrogens with zero attached hydrogens (tertiary/aromatic N) is 2. The van der Waals surface area contributed by atoms with Crippen LogP contribution in [0.1, 0.15) is 17.3 Å². The van der Waals surface area contributed by atoms with Crippen LogP contribution in [0.15, 0.2) is 27.6 Å². The molecular weight excluding hydrogens is 236 g/mol. The first-order chi connectivity index (χ1) is 8.19. The molecule has 0 saturated carbocycles. The third-order valence-corrected chi connectivity index (χ3v) is 3.41. The molecule has 0 spiro atoms. The highest BCUT2D eigenvalue weighted by atomic mass is 32.2. The van der Waals surface area contributed by atoms with Crippen LogP contribution in [0.5, 0.6) is 0 Å². The summed E-state index contributed by atoms with van der Waals surface area (Å²) in [6.07, 6.45) is 0. The van der Waals surface area contributed by atoms with Crippen LogP contribution in [0.4, 0.5) is 5.69 Å². The third kappa shape index (κ3) is 2.98. The fourth-order valence-corrected chi connectivity index (χ4v) is 2.26. The monoisotopic (exact) mass is 250 g/mol. The third-order valence-electron chi connectivity index (χ3n) is 2.24. The van der Waals surface area contributed by atoms with E-state index in [0.717, 1.165) is 11.3 Å². The molecule has 0 saturated heterocycles. The molecular formula is C11H14N4OS. The van der Waals surface area contributed by atoms with E-state index in [9.17, 15) is 0 Å². The minimum atomic E-state index is 0.276. The number of hydrogen-bond acceptors (Lipinski definition) is 6. The predicted octanol–water partition coefficient (Wildman–Crippen LogP) is 1.71. The second kappa shape index (κ2) is 5.20. The molecule has 0 radical (unpaired) electrons. The van der Waals surface area contributed by atoms with Crippen molar-refractivity contribution < 1.29 is 4.52 Å². The van der Waals surface area contributed by atoms with E-state index in [1.165, 1.54) is 4.90 Å². The zero-order valence-corrected chi connectivity index (χ0v) is 10.3. The second-order valence-electron chi connectivity index (χ2n) is 3.62. The highest BCUT2D eigenvalue weighted by molar-refractivity contribution is 7.98. The smallest absolute Gasteiger partial charge is 0.240 e. The van der Waals surface area contributed by atoms with Crippen LogP contribution in [0.3, 0.4) is 0 Å². The van der Waals surface area contributed by atoms with E-state index in [-0.39, 0.29) is 6.54 Å². The topological polar surface area (TPSA) is 91.0 Å². The fourth-order valence-electron chi connectivity index (χ4n) is 1.41. The van der Waals surface area contributed by atoms with E-state index < -0.39 is 0 Å². The maximum absolute atomic E-state index is 5.69. The van der Waals surface area contributed by atoms with E-state index in [2.05, 4.69) is 10.1 Å². The molecule has 0 atom stereocenters. The number of nitrogens with two attached hydrogens (primary N) is 2.